The van der Waals surface area contributed by atoms with Crippen LogP contribution in [0.1, 0.15) is 19.4 Å². The van der Waals surface area contributed by atoms with Gasteiger partial charge in [0.15, 0.2) is 0 Å². The SMILES string of the molecule is Cc1ccc(N2CC(=O)NC(C(C)C)C2=O)cc1. The van der Waals surface area contributed by atoms with Crippen LogP contribution < -0.4 is 10.2 Å². The number of hydrogen-bond acceptors (Lipinski definition) is 2. The van der Waals surface area contributed by atoms with Crippen molar-refractivity contribution in [2.75, 3.05) is 11.4 Å². The second-order valence-corrected chi connectivity index (χ2v) is 5.05. The molecule has 4 heteroatoms. The van der Waals surface area contributed by atoms with Crippen molar-refractivity contribution < 1.29 is 9.59 Å². The van der Waals surface area contributed by atoms with Gasteiger partial charge in [0, 0.05) is 5.69 Å². The summed E-state index contributed by atoms with van der Waals surface area (Å²) in [4.78, 5) is 25.5. The standard InChI is InChI=1S/C14H18N2O2/c1-9(2)13-14(18)16(8-12(17)15-13)11-6-4-10(3)5-7-11/h4-7,9,13H,8H2,1-3H3,(H,15,17). The van der Waals surface area contributed by atoms with Crippen molar-refractivity contribution >= 4 is 17.5 Å². The molecule has 0 radical (unpaired) electrons. The molecule has 2 rings (SSSR count). The van der Waals surface area contributed by atoms with Crippen molar-refractivity contribution in [1.29, 1.82) is 0 Å². The van der Waals surface area contributed by atoms with Crippen LogP contribution in [0.25, 0.3) is 0 Å². The second kappa shape index (κ2) is 4.80. The number of aryl methyl sites for hydroxylation is 1. The Balaban J connectivity index is 2.28. The number of hydrogen-bond donors (Lipinski definition) is 1. The molecule has 4 nitrogen and oxygen atoms in total. The van der Waals surface area contributed by atoms with Crippen molar-refractivity contribution in [3.8, 4) is 0 Å². The number of amides is 2. The van der Waals surface area contributed by atoms with E-state index in [1.807, 2.05) is 45.0 Å². The lowest BCUT2D eigenvalue weighted by Gasteiger charge is -2.34. The van der Waals surface area contributed by atoms with Gasteiger partial charge in [0.2, 0.25) is 11.8 Å². The highest BCUT2D eigenvalue weighted by molar-refractivity contribution is 6.06. The van der Waals surface area contributed by atoms with Crippen LogP contribution in [0.4, 0.5) is 5.69 Å². The summed E-state index contributed by atoms with van der Waals surface area (Å²) in [6, 6.07) is 7.22. The Hall–Kier alpha value is -1.84. The van der Waals surface area contributed by atoms with Gasteiger partial charge in [0.05, 0.1) is 0 Å². The number of carbonyl (C=O) groups is 2. The lowest BCUT2D eigenvalue weighted by molar-refractivity contribution is -0.132. The summed E-state index contributed by atoms with van der Waals surface area (Å²) in [6.45, 7) is 5.96. The Bertz CT molecular complexity index is 465. The molecule has 0 aromatic heterocycles. The van der Waals surface area contributed by atoms with E-state index in [0.29, 0.717) is 0 Å². The molecule has 1 N–H and O–H groups in total. The Morgan fingerprint density at radius 3 is 2.39 bits per heavy atom. The summed E-state index contributed by atoms with van der Waals surface area (Å²) < 4.78 is 0. The Labute approximate surface area is 107 Å². The minimum atomic E-state index is -0.424. The number of carbonyl (C=O) groups excluding carboxylic acids is 2. The molecular formula is C14H18N2O2. The molecule has 96 valence electrons. The molecule has 0 spiro atoms. The number of rotatable bonds is 2. The first-order valence-electron chi connectivity index (χ1n) is 6.16. The number of nitrogens with one attached hydrogen (secondary N) is 1. The Morgan fingerprint density at radius 2 is 1.83 bits per heavy atom. The van der Waals surface area contributed by atoms with Crippen molar-refractivity contribution in [1.82, 2.24) is 5.32 Å². The van der Waals surface area contributed by atoms with Gasteiger partial charge < -0.3 is 10.2 Å². The Morgan fingerprint density at radius 1 is 1.22 bits per heavy atom. The van der Waals surface area contributed by atoms with Crippen LogP contribution in [0.3, 0.4) is 0 Å². The highest BCUT2D eigenvalue weighted by Gasteiger charge is 2.35. The lowest BCUT2D eigenvalue weighted by Crippen LogP contribution is -2.60. The van der Waals surface area contributed by atoms with E-state index in [-0.39, 0.29) is 24.3 Å². The van der Waals surface area contributed by atoms with Crippen LogP contribution in [-0.2, 0) is 9.59 Å². The number of benzene rings is 1. The third-order valence-corrected chi connectivity index (χ3v) is 3.16. The summed E-state index contributed by atoms with van der Waals surface area (Å²) in [5, 5.41) is 2.75. The van der Waals surface area contributed by atoms with Gasteiger partial charge in [-0.3, -0.25) is 9.59 Å². The number of anilines is 1. The van der Waals surface area contributed by atoms with Gasteiger partial charge in [0.1, 0.15) is 12.6 Å². The van der Waals surface area contributed by atoms with Gasteiger partial charge in [-0.05, 0) is 25.0 Å². The van der Waals surface area contributed by atoms with Crippen LogP contribution >= 0.6 is 0 Å². The van der Waals surface area contributed by atoms with Gasteiger partial charge in [-0.1, -0.05) is 31.5 Å². The minimum Gasteiger partial charge on any atom is -0.342 e. The molecule has 1 atom stereocenters. The third kappa shape index (κ3) is 2.37. The maximum absolute atomic E-state index is 12.3. The van der Waals surface area contributed by atoms with E-state index in [0.717, 1.165) is 11.3 Å². The van der Waals surface area contributed by atoms with Gasteiger partial charge in [-0.2, -0.15) is 0 Å². The zero-order chi connectivity index (χ0) is 13.3. The molecule has 1 aliphatic rings. The molecule has 1 aromatic carbocycles. The van der Waals surface area contributed by atoms with E-state index in [4.69, 9.17) is 0 Å². The molecule has 0 aliphatic carbocycles. The zero-order valence-corrected chi connectivity index (χ0v) is 10.9. The maximum Gasteiger partial charge on any atom is 0.250 e. The van der Waals surface area contributed by atoms with E-state index in [1.165, 1.54) is 0 Å². The van der Waals surface area contributed by atoms with Crippen LogP contribution in [0, 0.1) is 12.8 Å². The van der Waals surface area contributed by atoms with E-state index in [9.17, 15) is 9.59 Å². The fraction of sp³-hybridized carbons (Fsp3) is 0.429. The zero-order valence-electron chi connectivity index (χ0n) is 10.9. The van der Waals surface area contributed by atoms with Gasteiger partial charge in [-0.15, -0.1) is 0 Å². The third-order valence-electron chi connectivity index (χ3n) is 3.16. The second-order valence-electron chi connectivity index (χ2n) is 5.05. The van der Waals surface area contributed by atoms with Gasteiger partial charge in [-0.25, -0.2) is 0 Å². The first kappa shape index (κ1) is 12.6. The van der Waals surface area contributed by atoms with Gasteiger partial charge >= 0.3 is 0 Å². The fourth-order valence-electron chi connectivity index (χ4n) is 2.07. The Kier molecular flexibility index (Phi) is 3.36. The fourth-order valence-corrected chi connectivity index (χ4v) is 2.07. The first-order valence-corrected chi connectivity index (χ1v) is 6.16. The number of nitrogens with zero attached hydrogens (tertiary/aromatic N) is 1. The molecule has 1 unspecified atom stereocenters. The molecular weight excluding hydrogens is 228 g/mol. The van der Waals surface area contributed by atoms with E-state index in [1.54, 1.807) is 4.90 Å². The minimum absolute atomic E-state index is 0.0338. The molecule has 1 aromatic rings. The molecule has 2 amide bonds. The van der Waals surface area contributed by atoms with E-state index >= 15 is 0 Å². The van der Waals surface area contributed by atoms with Gasteiger partial charge in [0.25, 0.3) is 0 Å². The van der Waals surface area contributed by atoms with Crippen LogP contribution in [0.2, 0.25) is 0 Å². The lowest BCUT2D eigenvalue weighted by atomic mass is 10.00. The summed E-state index contributed by atoms with van der Waals surface area (Å²) in [6.07, 6.45) is 0. The van der Waals surface area contributed by atoms with Crippen LogP contribution in [-0.4, -0.2) is 24.4 Å². The summed E-state index contributed by atoms with van der Waals surface area (Å²) >= 11 is 0. The van der Waals surface area contributed by atoms with Crippen molar-refractivity contribution in [2.24, 2.45) is 5.92 Å². The predicted octanol–water partition coefficient (Wildman–Crippen LogP) is 1.48. The highest BCUT2D eigenvalue weighted by Crippen LogP contribution is 2.20. The topological polar surface area (TPSA) is 49.4 Å². The van der Waals surface area contributed by atoms with E-state index < -0.39 is 6.04 Å². The average Bonchev–Trinajstić information content (AvgIpc) is 2.32. The predicted molar refractivity (Wildman–Crippen MR) is 70.3 cm³/mol. The normalized spacial score (nSPS) is 20.2. The average molecular weight is 246 g/mol. The molecule has 1 fully saturated rings. The molecule has 0 saturated carbocycles. The van der Waals surface area contributed by atoms with Crippen LogP contribution in [0.15, 0.2) is 24.3 Å². The van der Waals surface area contributed by atoms with Crippen molar-refractivity contribution in [3.63, 3.8) is 0 Å². The molecule has 1 aliphatic heterocycles. The monoisotopic (exact) mass is 246 g/mol. The van der Waals surface area contributed by atoms with Crippen LogP contribution in [0.5, 0.6) is 0 Å². The van der Waals surface area contributed by atoms with E-state index in [2.05, 4.69) is 5.32 Å². The molecule has 1 saturated heterocycles. The largest absolute Gasteiger partial charge is 0.342 e. The highest BCUT2D eigenvalue weighted by atomic mass is 16.2. The summed E-state index contributed by atoms with van der Waals surface area (Å²) in [7, 11) is 0. The maximum atomic E-state index is 12.3. The van der Waals surface area contributed by atoms with Crippen molar-refractivity contribution in [2.45, 2.75) is 26.8 Å². The molecule has 18 heavy (non-hydrogen) atoms. The number of piperazine rings is 1. The molecule has 1 heterocycles. The van der Waals surface area contributed by atoms with Crippen molar-refractivity contribution in [3.05, 3.63) is 29.8 Å². The quantitative estimate of drug-likeness (QED) is 0.859. The smallest absolute Gasteiger partial charge is 0.250 e. The summed E-state index contributed by atoms with van der Waals surface area (Å²) in [5.41, 5.74) is 1.92. The molecule has 0 bridgehead atoms. The summed E-state index contributed by atoms with van der Waals surface area (Å²) in [5.74, 6) is -0.0444. The first-order chi connectivity index (χ1) is 8.49.